The topological polar surface area (TPSA) is 85.8 Å². The van der Waals surface area contributed by atoms with Gasteiger partial charge in [-0.25, -0.2) is 9.78 Å². The van der Waals surface area contributed by atoms with E-state index in [0.29, 0.717) is 28.9 Å². The second kappa shape index (κ2) is 9.34. The lowest BCUT2D eigenvalue weighted by Gasteiger charge is -2.37. The van der Waals surface area contributed by atoms with Crippen LogP contribution >= 0.6 is 11.3 Å². The molecule has 0 atom stereocenters. The Labute approximate surface area is 209 Å². The third-order valence-electron chi connectivity index (χ3n) is 7.07. The number of rotatable bonds is 4. The maximum atomic E-state index is 13.2. The number of hydrogen-bond donors (Lipinski definition) is 2. The second-order valence-corrected chi connectivity index (χ2v) is 10.6. The zero-order chi connectivity index (χ0) is 24.7. The summed E-state index contributed by atoms with van der Waals surface area (Å²) in [5.41, 5.74) is 4.47. The van der Waals surface area contributed by atoms with Crippen LogP contribution in [0.15, 0.2) is 36.4 Å². The zero-order valence-electron chi connectivity index (χ0n) is 20.3. The van der Waals surface area contributed by atoms with Gasteiger partial charge in [-0.2, -0.15) is 0 Å². The first-order valence-corrected chi connectivity index (χ1v) is 12.9. The van der Waals surface area contributed by atoms with Gasteiger partial charge in [0.05, 0.1) is 0 Å². The van der Waals surface area contributed by atoms with Gasteiger partial charge < -0.3 is 20.2 Å². The maximum absolute atomic E-state index is 13.2. The maximum Gasteiger partial charge on any atom is 0.322 e. The van der Waals surface area contributed by atoms with E-state index in [-0.39, 0.29) is 23.6 Å². The van der Waals surface area contributed by atoms with Crippen LogP contribution in [0, 0.1) is 20.8 Å². The number of piperidine rings is 1. The highest BCUT2D eigenvalue weighted by atomic mass is 32.1. The lowest BCUT2D eigenvalue weighted by Crippen LogP contribution is -2.48. The Balaban J connectivity index is 1.26. The van der Waals surface area contributed by atoms with Crippen molar-refractivity contribution in [2.24, 2.45) is 0 Å². The molecule has 0 bridgehead atoms. The lowest BCUT2D eigenvalue weighted by atomic mass is 10.0. The SMILES string of the molecule is Cc1cc(C(=O)c2nc(N3CCC(N4CCc5ccccc5NC4=O)CC3)sc2C)cc(C)c1O. The van der Waals surface area contributed by atoms with Crippen LogP contribution in [0.1, 0.15) is 50.5 Å². The summed E-state index contributed by atoms with van der Waals surface area (Å²) in [5, 5.41) is 14.0. The molecule has 0 unspecified atom stereocenters. The van der Waals surface area contributed by atoms with E-state index in [9.17, 15) is 14.7 Å². The molecule has 3 aromatic rings. The fourth-order valence-corrected chi connectivity index (χ4v) is 6.02. The molecule has 1 fully saturated rings. The Kier molecular flexibility index (Phi) is 6.23. The van der Waals surface area contributed by atoms with Crippen LogP contribution in [-0.2, 0) is 6.42 Å². The highest BCUT2D eigenvalue weighted by Gasteiger charge is 2.31. The summed E-state index contributed by atoms with van der Waals surface area (Å²) in [6.07, 6.45) is 2.58. The number of anilines is 2. The Morgan fingerprint density at radius 3 is 2.49 bits per heavy atom. The summed E-state index contributed by atoms with van der Waals surface area (Å²) < 4.78 is 0. The predicted octanol–water partition coefficient (Wildman–Crippen LogP) is 5.06. The summed E-state index contributed by atoms with van der Waals surface area (Å²) in [6, 6.07) is 11.6. The number of carbonyl (C=O) groups is 2. The smallest absolute Gasteiger partial charge is 0.322 e. The van der Waals surface area contributed by atoms with E-state index < -0.39 is 0 Å². The largest absolute Gasteiger partial charge is 0.507 e. The molecule has 1 saturated heterocycles. The van der Waals surface area contributed by atoms with E-state index in [4.69, 9.17) is 4.98 Å². The number of carbonyl (C=O) groups excluding carboxylic acids is 2. The molecule has 0 aliphatic carbocycles. The first kappa shape index (κ1) is 23.4. The molecule has 2 amide bonds. The molecule has 8 heteroatoms. The zero-order valence-corrected chi connectivity index (χ0v) is 21.1. The lowest BCUT2D eigenvalue weighted by molar-refractivity contribution is 0.103. The monoisotopic (exact) mass is 490 g/mol. The number of aromatic hydroxyl groups is 1. The number of fused-ring (bicyclic) bond motifs is 1. The molecule has 0 saturated carbocycles. The standard InChI is InChI=1S/C27H30N4O3S/c1-16-14-20(15-17(2)24(16)32)25(33)23-18(3)35-27(29-23)30-11-9-21(10-12-30)31-13-8-19-6-4-5-7-22(19)28-26(31)34/h4-7,14-15,21,32H,8-13H2,1-3H3,(H,28,34). The minimum atomic E-state index is -0.119. The van der Waals surface area contributed by atoms with Crippen LogP contribution in [0.3, 0.4) is 0 Å². The fourth-order valence-electron chi connectivity index (χ4n) is 5.06. The third-order valence-corrected chi connectivity index (χ3v) is 8.10. The number of ketones is 1. The van der Waals surface area contributed by atoms with Gasteiger partial charge in [0, 0.05) is 41.8 Å². The minimum absolute atomic E-state index is 0.0224. The highest BCUT2D eigenvalue weighted by Crippen LogP contribution is 2.32. The number of nitrogens with zero attached hydrogens (tertiary/aromatic N) is 3. The van der Waals surface area contributed by atoms with Crippen molar-refractivity contribution in [1.82, 2.24) is 9.88 Å². The van der Waals surface area contributed by atoms with Crippen LogP contribution in [-0.4, -0.2) is 52.5 Å². The molecular formula is C27H30N4O3S. The van der Waals surface area contributed by atoms with Crippen molar-refractivity contribution in [2.75, 3.05) is 29.9 Å². The molecule has 1 aromatic heterocycles. The van der Waals surface area contributed by atoms with Gasteiger partial charge in [-0.1, -0.05) is 18.2 Å². The first-order valence-electron chi connectivity index (χ1n) is 12.0. The number of para-hydroxylation sites is 1. The Morgan fingerprint density at radius 1 is 1.09 bits per heavy atom. The minimum Gasteiger partial charge on any atom is -0.507 e. The van der Waals surface area contributed by atoms with Gasteiger partial charge in [-0.15, -0.1) is 11.3 Å². The van der Waals surface area contributed by atoms with Crippen molar-refractivity contribution in [1.29, 1.82) is 0 Å². The molecule has 0 spiro atoms. The predicted molar refractivity (Wildman–Crippen MR) is 139 cm³/mol. The average Bonchev–Trinajstić information content (AvgIpc) is 3.15. The molecule has 2 N–H and O–H groups in total. The van der Waals surface area contributed by atoms with E-state index in [2.05, 4.69) is 16.3 Å². The summed E-state index contributed by atoms with van der Waals surface area (Å²) in [5.74, 6) is 0.106. The average molecular weight is 491 g/mol. The van der Waals surface area contributed by atoms with Crippen molar-refractivity contribution in [3.8, 4) is 5.75 Å². The van der Waals surface area contributed by atoms with Gasteiger partial charge in [0.2, 0.25) is 5.78 Å². The molecule has 35 heavy (non-hydrogen) atoms. The molecular weight excluding hydrogens is 460 g/mol. The van der Waals surface area contributed by atoms with E-state index in [0.717, 1.165) is 48.0 Å². The number of amides is 2. The van der Waals surface area contributed by atoms with Gasteiger partial charge in [0.1, 0.15) is 11.4 Å². The Bertz CT molecular complexity index is 1270. The molecule has 2 aliphatic heterocycles. The van der Waals surface area contributed by atoms with Crippen molar-refractivity contribution < 1.29 is 14.7 Å². The quantitative estimate of drug-likeness (QED) is 0.499. The third kappa shape index (κ3) is 4.50. The number of benzene rings is 2. The van der Waals surface area contributed by atoms with Crippen LogP contribution in [0.5, 0.6) is 5.75 Å². The number of urea groups is 1. The summed E-state index contributed by atoms with van der Waals surface area (Å²) in [6.45, 7) is 7.82. The second-order valence-electron chi connectivity index (χ2n) is 9.44. The van der Waals surface area contributed by atoms with E-state index in [1.807, 2.05) is 30.0 Å². The van der Waals surface area contributed by atoms with Crippen LogP contribution in [0.25, 0.3) is 0 Å². The molecule has 182 valence electrons. The Morgan fingerprint density at radius 2 is 1.77 bits per heavy atom. The van der Waals surface area contributed by atoms with Crippen molar-refractivity contribution >= 4 is 34.0 Å². The number of aryl methyl sites for hydroxylation is 3. The van der Waals surface area contributed by atoms with Crippen LogP contribution < -0.4 is 10.2 Å². The van der Waals surface area contributed by atoms with Gasteiger partial charge >= 0.3 is 6.03 Å². The van der Waals surface area contributed by atoms with Crippen molar-refractivity contribution in [3.05, 3.63) is 69.2 Å². The number of hydrogen-bond acceptors (Lipinski definition) is 6. The number of aromatic nitrogens is 1. The fraction of sp³-hybridized carbons (Fsp3) is 0.370. The van der Waals surface area contributed by atoms with E-state index in [1.165, 1.54) is 16.9 Å². The van der Waals surface area contributed by atoms with E-state index >= 15 is 0 Å². The van der Waals surface area contributed by atoms with Gasteiger partial charge in [0.15, 0.2) is 5.13 Å². The molecule has 0 radical (unpaired) electrons. The number of nitrogens with one attached hydrogen (secondary N) is 1. The van der Waals surface area contributed by atoms with Gasteiger partial charge in [-0.3, -0.25) is 4.79 Å². The van der Waals surface area contributed by atoms with Crippen molar-refractivity contribution in [3.63, 3.8) is 0 Å². The van der Waals surface area contributed by atoms with Gasteiger partial charge in [0.25, 0.3) is 0 Å². The van der Waals surface area contributed by atoms with Crippen LogP contribution in [0.4, 0.5) is 15.6 Å². The van der Waals surface area contributed by atoms with Crippen molar-refractivity contribution in [2.45, 2.75) is 46.1 Å². The Hall–Kier alpha value is -3.39. The summed E-state index contributed by atoms with van der Waals surface area (Å²) >= 11 is 1.54. The number of thiazole rings is 1. The number of phenolic OH excluding ortho intramolecular Hbond substituents is 1. The molecule has 2 aliphatic rings. The molecule has 5 rings (SSSR count). The van der Waals surface area contributed by atoms with E-state index in [1.54, 1.807) is 26.0 Å². The highest BCUT2D eigenvalue weighted by molar-refractivity contribution is 7.15. The first-order chi connectivity index (χ1) is 16.8. The van der Waals surface area contributed by atoms with Crippen LogP contribution in [0.2, 0.25) is 0 Å². The molecule has 3 heterocycles. The summed E-state index contributed by atoms with van der Waals surface area (Å²) in [7, 11) is 0. The van der Waals surface area contributed by atoms with Gasteiger partial charge in [-0.05, 0) is 74.9 Å². The summed E-state index contributed by atoms with van der Waals surface area (Å²) in [4.78, 5) is 35.9. The molecule has 2 aromatic carbocycles. The normalized spacial score (nSPS) is 16.6. The number of phenols is 1. The molecule has 7 nitrogen and oxygen atoms in total.